The molecule has 0 atom stereocenters. The molecule has 0 N–H and O–H groups in total. The maximum absolute atomic E-state index is 6.04. The molecule has 0 aliphatic rings. The molecule has 0 radical (unpaired) electrons. The van der Waals surface area contributed by atoms with Crippen LogP contribution in [0.4, 0.5) is 11.4 Å². The average Bonchev–Trinajstić information content (AvgIpc) is 2.53. The van der Waals surface area contributed by atoms with E-state index in [2.05, 4.69) is 10.6 Å². The van der Waals surface area contributed by atoms with E-state index in [1.807, 2.05) is 0 Å². The number of benzene rings is 2. The first-order valence-electron chi connectivity index (χ1n) is 6.70. The molecular formula is C15H12Cl6N2Ti-2. The molecule has 0 amide bonds. The van der Waals surface area contributed by atoms with Crippen LogP contribution in [0.3, 0.4) is 0 Å². The van der Waals surface area contributed by atoms with Gasteiger partial charge in [-0.25, -0.2) is 0 Å². The molecule has 0 aromatic heterocycles. The van der Waals surface area contributed by atoms with Crippen molar-refractivity contribution >= 4 is 76.4 Å². The van der Waals surface area contributed by atoms with Crippen molar-refractivity contribution in [2.45, 2.75) is 6.42 Å². The van der Waals surface area contributed by atoms with Crippen molar-refractivity contribution in [3.8, 4) is 0 Å². The minimum atomic E-state index is -0.556. The summed E-state index contributed by atoms with van der Waals surface area (Å²) >= 11 is 23.6. The second-order valence-corrected chi connectivity index (χ2v) is 8.54. The number of nitrogens with zero attached hydrogens (tertiary/aromatic N) is 2. The molecule has 130 valence electrons. The van der Waals surface area contributed by atoms with Gasteiger partial charge in [0.05, 0.1) is 0 Å². The fraction of sp³-hybridized carbons (Fsp3) is 0.200. The van der Waals surface area contributed by atoms with Crippen molar-refractivity contribution in [2.24, 2.45) is 0 Å². The van der Waals surface area contributed by atoms with Crippen LogP contribution in [-0.4, -0.2) is 13.1 Å². The molecule has 2 aromatic rings. The van der Waals surface area contributed by atoms with Gasteiger partial charge < -0.3 is 10.6 Å². The first-order chi connectivity index (χ1) is 11.5. The third-order valence-electron chi connectivity index (χ3n) is 2.73. The van der Waals surface area contributed by atoms with Crippen LogP contribution in [0.2, 0.25) is 20.1 Å². The predicted octanol–water partition coefficient (Wildman–Crippen LogP) is 8.78. The molecule has 0 unspecified atom stereocenters. The van der Waals surface area contributed by atoms with E-state index in [0.29, 0.717) is 44.6 Å². The zero-order valence-corrected chi connectivity index (χ0v) is 18.3. The van der Waals surface area contributed by atoms with Gasteiger partial charge in [-0.3, -0.25) is 0 Å². The Morgan fingerprint density at radius 3 is 1.25 bits per heavy atom. The van der Waals surface area contributed by atoms with Crippen LogP contribution in [0.1, 0.15) is 6.42 Å². The van der Waals surface area contributed by atoms with Crippen molar-refractivity contribution in [1.29, 1.82) is 0 Å². The van der Waals surface area contributed by atoms with E-state index in [1.54, 1.807) is 36.4 Å². The van der Waals surface area contributed by atoms with Gasteiger partial charge in [0.15, 0.2) is 0 Å². The van der Waals surface area contributed by atoms with Gasteiger partial charge in [-0.1, -0.05) is 65.0 Å². The summed E-state index contributed by atoms with van der Waals surface area (Å²) < 4.78 is 0. The number of para-hydroxylation sites is 2. The predicted molar refractivity (Wildman–Crippen MR) is 105 cm³/mol. The standard InChI is InChI=1S/C15H12Cl4N2.2ClH.Ti/c16-10-4-1-5-11(17)14(10)20-8-3-9-21-15-12(18)6-2-7-13(15)19;;;/h1-2,4-7H,3,8-9H2;2*1H;/q-2;;;+2/p-2. The zero-order valence-electron chi connectivity index (χ0n) is 12.2. The molecule has 2 aromatic carbocycles. The van der Waals surface area contributed by atoms with Gasteiger partial charge in [0.2, 0.25) is 0 Å². The molecule has 0 fully saturated rings. The summed E-state index contributed by atoms with van der Waals surface area (Å²) in [5.41, 5.74) is 1.24. The van der Waals surface area contributed by atoms with Crippen molar-refractivity contribution in [3.05, 3.63) is 67.1 Å². The van der Waals surface area contributed by atoms with Crippen molar-refractivity contribution in [1.82, 2.24) is 0 Å². The summed E-state index contributed by atoms with van der Waals surface area (Å²) in [5.74, 6) is 0. The molecule has 0 aliphatic carbocycles. The van der Waals surface area contributed by atoms with E-state index < -0.39 is 17.0 Å². The van der Waals surface area contributed by atoms with Crippen molar-refractivity contribution < 1.29 is 17.0 Å². The van der Waals surface area contributed by atoms with Crippen LogP contribution in [0, 0.1) is 0 Å². The Kier molecular flexibility index (Phi) is 12.0. The summed E-state index contributed by atoms with van der Waals surface area (Å²) in [6, 6.07) is 10.6. The zero-order chi connectivity index (χ0) is 17.9. The van der Waals surface area contributed by atoms with Gasteiger partial charge in [-0.15, -0.1) is 24.5 Å². The summed E-state index contributed by atoms with van der Waals surface area (Å²) in [6.45, 7) is 1.16. The SMILES string of the molecule is Clc1cccc(Cl)c1[N-]CCC[N-]c1c(Cl)cccc1Cl.[Cl][Ti][Cl]. The third-order valence-corrected chi connectivity index (χ3v) is 3.95. The molecule has 0 heterocycles. The normalized spacial score (nSPS) is 9.75. The fourth-order valence-corrected chi connectivity index (χ4v) is 2.77. The monoisotopic (exact) mass is 478 g/mol. The van der Waals surface area contributed by atoms with E-state index in [0.717, 1.165) is 6.42 Å². The third kappa shape index (κ3) is 7.80. The van der Waals surface area contributed by atoms with Gasteiger partial charge in [0.1, 0.15) is 0 Å². The van der Waals surface area contributed by atoms with Crippen molar-refractivity contribution in [2.75, 3.05) is 13.1 Å². The van der Waals surface area contributed by atoms with Gasteiger partial charge >= 0.3 is 35.6 Å². The first kappa shape index (κ1) is 22.5. The summed E-state index contributed by atoms with van der Waals surface area (Å²) in [5, 5.41) is 11.0. The van der Waals surface area contributed by atoms with E-state index in [4.69, 9.17) is 65.0 Å². The summed E-state index contributed by atoms with van der Waals surface area (Å²) in [6.07, 6.45) is 0.753. The molecule has 0 saturated heterocycles. The average molecular weight is 481 g/mol. The van der Waals surface area contributed by atoms with E-state index >= 15 is 0 Å². The van der Waals surface area contributed by atoms with E-state index in [9.17, 15) is 0 Å². The molecular weight excluding hydrogens is 469 g/mol. The van der Waals surface area contributed by atoms with Crippen LogP contribution in [0.15, 0.2) is 36.4 Å². The molecule has 9 heteroatoms. The Balaban J connectivity index is 0.000000891. The van der Waals surface area contributed by atoms with Crippen LogP contribution < -0.4 is 0 Å². The second kappa shape index (κ2) is 12.8. The van der Waals surface area contributed by atoms with Crippen molar-refractivity contribution in [3.63, 3.8) is 0 Å². The van der Waals surface area contributed by atoms with Crippen LogP contribution in [0.5, 0.6) is 0 Å². The van der Waals surface area contributed by atoms with E-state index in [1.165, 1.54) is 0 Å². The van der Waals surface area contributed by atoms with Crippen LogP contribution in [-0.2, 0) is 17.0 Å². The molecule has 2 nitrogen and oxygen atoms in total. The molecule has 0 bridgehead atoms. The Hall–Kier alpha value is 0.494. The minimum absolute atomic E-state index is 0.550. The Labute approximate surface area is 178 Å². The molecule has 0 spiro atoms. The molecule has 24 heavy (non-hydrogen) atoms. The summed E-state index contributed by atoms with van der Waals surface area (Å²) in [7, 11) is 9.78. The summed E-state index contributed by atoms with van der Waals surface area (Å²) in [4.78, 5) is 0. The number of hydrogen-bond donors (Lipinski definition) is 0. The fourth-order valence-electron chi connectivity index (χ4n) is 1.73. The van der Waals surface area contributed by atoms with Gasteiger partial charge in [-0.05, 0) is 24.3 Å². The van der Waals surface area contributed by atoms with Gasteiger partial charge in [-0.2, -0.15) is 0 Å². The molecule has 0 saturated carbocycles. The Morgan fingerprint density at radius 1 is 0.667 bits per heavy atom. The first-order valence-corrected chi connectivity index (χ1v) is 12.5. The maximum atomic E-state index is 6.04. The Morgan fingerprint density at radius 2 is 0.958 bits per heavy atom. The topological polar surface area (TPSA) is 28.2 Å². The number of rotatable bonds is 6. The molecule has 2 rings (SSSR count). The van der Waals surface area contributed by atoms with Gasteiger partial charge in [0, 0.05) is 20.1 Å². The molecule has 0 aliphatic heterocycles. The van der Waals surface area contributed by atoms with E-state index in [-0.39, 0.29) is 0 Å². The number of hydrogen-bond acceptors (Lipinski definition) is 0. The quantitative estimate of drug-likeness (QED) is 0.292. The number of halogens is 6. The Bertz CT molecular complexity index is 547. The van der Waals surface area contributed by atoms with Gasteiger partial charge in [0.25, 0.3) is 0 Å². The van der Waals surface area contributed by atoms with Crippen LogP contribution >= 0.6 is 65.0 Å². The second-order valence-electron chi connectivity index (χ2n) is 4.33. The van der Waals surface area contributed by atoms with Crippen LogP contribution in [0.25, 0.3) is 10.6 Å².